The lowest BCUT2D eigenvalue weighted by molar-refractivity contribution is -0.148. The quantitative estimate of drug-likeness (QED) is 0.213. The van der Waals surface area contributed by atoms with Crippen LogP contribution in [0.4, 0.5) is 0 Å². The third kappa shape index (κ3) is 10.6. The molecule has 1 fully saturated rings. The molecule has 2 aromatic carbocycles. The highest BCUT2D eigenvalue weighted by molar-refractivity contribution is 8.00. The highest BCUT2D eigenvalue weighted by atomic mass is 35.5. The Morgan fingerprint density at radius 3 is 2.37 bits per heavy atom. The molecular weight excluding hydrogens is 634 g/mol. The van der Waals surface area contributed by atoms with Crippen LogP contribution in [0.2, 0.25) is 5.02 Å². The van der Waals surface area contributed by atoms with E-state index in [2.05, 4.69) is 16.0 Å². The van der Waals surface area contributed by atoms with Crippen LogP contribution in [-0.2, 0) is 30.4 Å². The van der Waals surface area contributed by atoms with Gasteiger partial charge in [-0.2, -0.15) is 0 Å². The number of nitrogens with two attached hydrogens (primary N) is 1. The SMILES string of the molecule is CC(C)(C)NC(=O)[C@H]1N(C(=O)[C@@H](O)[C@H](Cc2ccccc2)NC(=O)[C@H](CC(N)=O)NC(=O)COc2cccc(Cl)c2)CSC1(C)C. The maximum absolute atomic E-state index is 13.9. The smallest absolute Gasteiger partial charge is 0.258 e. The van der Waals surface area contributed by atoms with Crippen LogP contribution in [0.3, 0.4) is 0 Å². The van der Waals surface area contributed by atoms with E-state index in [1.807, 2.05) is 34.6 Å². The fraction of sp³-hybridized carbons (Fsp3) is 0.469. The molecule has 0 radical (unpaired) electrons. The Hall–Kier alpha value is -3.81. The number of aliphatic hydroxyl groups excluding tert-OH is 1. The Labute approximate surface area is 278 Å². The molecule has 1 saturated heterocycles. The molecule has 1 aliphatic heterocycles. The van der Waals surface area contributed by atoms with Gasteiger partial charge in [0, 0.05) is 15.3 Å². The summed E-state index contributed by atoms with van der Waals surface area (Å²) < 4.78 is 4.77. The number of aliphatic hydroxyl groups is 1. The average Bonchev–Trinajstić information content (AvgIpc) is 3.29. The van der Waals surface area contributed by atoms with Crippen molar-refractivity contribution in [2.75, 3.05) is 12.5 Å². The van der Waals surface area contributed by atoms with E-state index in [0.717, 1.165) is 0 Å². The second-order valence-corrected chi connectivity index (χ2v) is 14.6. The second kappa shape index (κ2) is 15.7. The first-order chi connectivity index (χ1) is 21.5. The van der Waals surface area contributed by atoms with E-state index < -0.39 is 71.2 Å². The van der Waals surface area contributed by atoms with Gasteiger partial charge in [0.25, 0.3) is 11.8 Å². The Morgan fingerprint density at radius 1 is 1.09 bits per heavy atom. The number of amides is 5. The van der Waals surface area contributed by atoms with Crippen LogP contribution >= 0.6 is 23.4 Å². The molecule has 1 heterocycles. The van der Waals surface area contributed by atoms with E-state index in [1.54, 1.807) is 48.5 Å². The van der Waals surface area contributed by atoms with E-state index in [9.17, 15) is 29.1 Å². The van der Waals surface area contributed by atoms with Gasteiger partial charge in [-0.3, -0.25) is 24.0 Å². The first-order valence-corrected chi connectivity index (χ1v) is 16.1. The standard InChI is InChI=1S/C32H42ClN5O7S/c1-31(2,3)37-29(43)27-32(4,5)46-18-38(27)30(44)26(41)22(14-19-10-7-6-8-11-19)36-28(42)23(16-24(34)39)35-25(40)17-45-21-13-9-12-20(33)15-21/h6-13,15,22-23,26-27,41H,14,16-18H2,1-5H3,(H2,34,39)(H,35,40)(H,36,42)(H,37,43)/t22-,23-,26-,27+/m0/s1. The van der Waals surface area contributed by atoms with Crippen molar-refractivity contribution >= 4 is 52.9 Å². The van der Waals surface area contributed by atoms with Crippen LogP contribution < -0.4 is 26.4 Å². The lowest BCUT2D eigenvalue weighted by Crippen LogP contribution is -2.61. The largest absolute Gasteiger partial charge is 0.484 e. The molecule has 250 valence electrons. The van der Waals surface area contributed by atoms with Crippen molar-refractivity contribution in [3.8, 4) is 5.75 Å². The number of carbonyl (C=O) groups excluding carboxylic acids is 5. The maximum atomic E-state index is 13.9. The summed E-state index contributed by atoms with van der Waals surface area (Å²) in [7, 11) is 0. The van der Waals surface area contributed by atoms with Gasteiger partial charge < -0.3 is 36.4 Å². The van der Waals surface area contributed by atoms with Gasteiger partial charge in [0.15, 0.2) is 12.7 Å². The normalized spacial score (nSPS) is 17.7. The van der Waals surface area contributed by atoms with Gasteiger partial charge in [0.1, 0.15) is 17.8 Å². The first-order valence-electron chi connectivity index (χ1n) is 14.7. The fourth-order valence-corrected chi connectivity index (χ4v) is 6.26. The zero-order valence-electron chi connectivity index (χ0n) is 26.5. The minimum absolute atomic E-state index is 0.0256. The summed E-state index contributed by atoms with van der Waals surface area (Å²) >= 11 is 7.34. The number of nitrogens with zero attached hydrogens (tertiary/aromatic N) is 1. The zero-order valence-corrected chi connectivity index (χ0v) is 28.1. The van der Waals surface area contributed by atoms with E-state index >= 15 is 0 Å². The van der Waals surface area contributed by atoms with Crippen LogP contribution in [0.1, 0.15) is 46.6 Å². The highest BCUT2D eigenvalue weighted by Crippen LogP contribution is 2.40. The van der Waals surface area contributed by atoms with E-state index in [1.165, 1.54) is 22.7 Å². The van der Waals surface area contributed by atoms with E-state index in [0.29, 0.717) is 16.3 Å². The molecule has 14 heteroatoms. The molecule has 1 aliphatic rings. The van der Waals surface area contributed by atoms with Gasteiger partial charge in [0.05, 0.1) is 18.3 Å². The Kier molecular flexibility index (Phi) is 12.5. The predicted octanol–water partition coefficient (Wildman–Crippen LogP) is 1.76. The van der Waals surface area contributed by atoms with Crippen LogP contribution in [0, 0.1) is 0 Å². The third-order valence-electron chi connectivity index (χ3n) is 7.06. The molecule has 3 rings (SSSR count). The molecule has 0 bridgehead atoms. The zero-order chi connectivity index (χ0) is 34.2. The fourth-order valence-electron chi connectivity index (χ4n) is 4.94. The van der Waals surface area contributed by atoms with Gasteiger partial charge in [-0.1, -0.05) is 48.0 Å². The summed E-state index contributed by atoms with van der Waals surface area (Å²) in [4.78, 5) is 66.6. The Bertz CT molecular complexity index is 1420. The number of ether oxygens (including phenoxy) is 1. The minimum atomic E-state index is -1.78. The Morgan fingerprint density at radius 2 is 1.76 bits per heavy atom. The van der Waals surface area contributed by atoms with Crippen molar-refractivity contribution in [1.82, 2.24) is 20.9 Å². The summed E-state index contributed by atoms with van der Waals surface area (Å²) in [5, 5.41) is 19.9. The van der Waals surface area contributed by atoms with Gasteiger partial charge in [0.2, 0.25) is 17.7 Å². The summed E-state index contributed by atoms with van der Waals surface area (Å²) in [5.41, 5.74) is 5.52. The monoisotopic (exact) mass is 675 g/mol. The molecule has 5 amide bonds. The second-order valence-electron chi connectivity index (χ2n) is 12.6. The summed E-state index contributed by atoms with van der Waals surface area (Å²) in [6.07, 6.45) is -2.31. The van der Waals surface area contributed by atoms with Gasteiger partial charge in [-0.05, 0) is 64.8 Å². The number of benzene rings is 2. The number of primary amides is 1. The number of hydrogen-bond acceptors (Lipinski definition) is 8. The van der Waals surface area contributed by atoms with Crippen LogP contribution in [0.5, 0.6) is 5.75 Å². The molecule has 6 N–H and O–H groups in total. The van der Waals surface area contributed by atoms with Crippen molar-refractivity contribution in [3.63, 3.8) is 0 Å². The van der Waals surface area contributed by atoms with Crippen LogP contribution in [0.25, 0.3) is 0 Å². The highest BCUT2D eigenvalue weighted by Gasteiger charge is 2.50. The van der Waals surface area contributed by atoms with Crippen LogP contribution in [-0.4, -0.2) is 86.5 Å². The average molecular weight is 676 g/mol. The van der Waals surface area contributed by atoms with Crippen molar-refractivity contribution in [2.45, 2.75) is 82.0 Å². The van der Waals surface area contributed by atoms with E-state index in [4.69, 9.17) is 22.1 Å². The number of halogens is 1. The predicted molar refractivity (Wildman–Crippen MR) is 176 cm³/mol. The lowest BCUT2D eigenvalue weighted by Gasteiger charge is -2.35. The molecule has 46 heavy (non-hydrogen) atoms. The lowest BCUT2D eigenvalue weighted by atomic mass is 9.96. The van der Waals surface area contributed by atoms with Crippen molar-refractivity contribution < 1.29 is 33.8 Å². The molecule has 2 aromatic rings. The molecule has 0 saturated carbocycles. The molecule has 0 aromatic heterocycles. The summed E-state index contributed by atoms with van der Waals surface area (Å²) in [6, 6.07) is 11.7. The number of rotatable bonds is 13. The molecule has 4 atom stereocenters. The summed E-state index contributed by atoms with van der Waals surface area (Å²) in [6.45, 7) is 8.70. The van der Waals surface area contributed by atoms with Gasteiger partial charge >= 0.3 is 0 Å². The van der Waals surface area contributed by atoms with Gasteiger partial charge in [-0.25, -0.2) is 0 Å². The van der Waals surface area contributed by atoms with Crippen molar-refractivity contribution in [3.05, 3.63) is 65.2 Å². The molecule has 0 unspecified atom stereocenters. The van der Waals surface area contributed by atoms with Crippen LogP contribution in [0.15, 0.2) is 54.6 Å². The number of nitrogens with one attached hydrogen (secondary N) is 3. The summed E-state index contributed by atoms with van der Waals surface area (Å²) in [5.74, 6) is -3.08. The van der Waals surface area contributed by atoms with E-state index in [-0.39, 0.29) is 18.2 Å². The van der Waals surface area contributed by atoms with Crippen molar-refractivity contribution in [2.24, 2.45) is 5.73 Å². The Balaban J connectivity index is 1.82. The minimum Gasteiger partial charge on any atom is -0.484 e. The number of carbonyl (C=O) groups is 5. The van der Waals surface area contributed by atoms with Crippen molar-refractivity contribution in [1.29, 1.82) is 0 Å². The maximum Gasteiger partial charge on any atom is 0.258 e. The molecular formula is C32H42ClN5O7S. The molecule has 0 aliphatic carbocycles. The number of hydrogen-bond donors (Lipinski definition) is 5. The third-order valence-corrected chi connectivity index (χ3v) is 8.67. The first kappa shape index (κ1) is 36.7. The topological polar surface area (TPSA) is 180 Å². The molecule has 0 spiro atoms. The number of thioether (sulfide) groups is 1. The molecule has 12 nitrogen and oxygen atoms in total. The van der Waals surface area contributed by atoms with Gasteiger partial charge in [-0.15, -0.1) is 11.8 Å².